The van der Waals surface area contributed by atoms with E-state index in [1.54, 1.807) is 18.5 Å². The van der Waals surface area contributed by atoms with Crippen molar-refractivity contribution in [3.8, 4) is 17.1 Å². The van der Waals surface area contributed by atoms with Crippen LogP contribution >= 0.6 is 0 Å². The van der Waals surface area contributed by atoms with Gasteiger partial charge in [-0.1, -0.05) is 12.1 Å². The summed E-state index contributed by atoms with van der Waals surface area (Å²) in [6, 6.07) is 14.9. The van der Waals surface area contributed by atoms with Gasteiger partial charge < -0.3 is 15.4 Å². The van der Waals surface area contributed by atoms with Gasteiger partial charge in [0.15, 0.2) is 11.5 Å². The van der Waals surface area contributed by atoms with Crippen LogP contribution < -0.4 is 15.4 Å². The van der Waals surface area contributed by atoms with E-state index < -0.39 is 6.04 Å². The van der Waals surface area contributed by atoms with Crippen LogP contribution in [0.15, 0.2) is 48.5 Å². The number of hydrogen-bond acceptors (Lipinski definition) is 6. The summed E-state index contributed by atoms with van der Waals surface area (Å²) in [6.07, 6.45) is 0. The lowest BCUT2D eigenvalue weighted by molar-refractivity contribution is -0.122. The van der Waals surface area contributed by atoms with Crippen molar-refractivity contribution in [2.24, 2.45) is 0 Å². The largest absolute Gasteiger partial charge is 0.497 e. The Hall–Kier alpha value is -3.68. The van der Waals surface area contributed by atoms with Crippen molar-refractivity contribution in [2.75, 3.05) is 12.4 Å². The second kappa shape index (κ2) is 7.98. The number of para-hydroxylation sites is 1. The minimum atomic E-state index is -0.488. The summed E-state index contributed by atoms with van der Waals surface area (Å²) in [5, 5.41) is 11.6. The Morgan fingerprint density at radius 1 is 1.03 bits per heavy atom. The van der Waals surface area contributed by atoms with E-state index in [0.29, 0.717) is 17.4 Å². The molecule has 2 aromatic heterocycles. The van der Waals surface area contributed by atoms with Gasteiger partial charge in [0.1, 0.15) is 11.8 Å². The van der Waals surface area contributed by atoms with E-state index in [0.717, 1.165) is 22.2 Å². The topological polar surface area (TPSA) is 93.4 Å². The van der Waals surface area contributed by atoms with E-state index in [4.69, 9.17) is 9.72 Å². The number of carbonyl (C=O) groups excluding carboxylic acids is 1. The Morgan fingerprint density at radius 3 is 2.47 bits per heavy atom. The van der Waals surface area contributed by atoms with E-state index in [-0.39, 0.29) is 11.9 Å². The third-order valence-corrected chi connectivity index (χ3v) is 4.70. The van der Waals surface area contributed by atoms with Crippen molar-refractivity contribution in [3.05, 3.63) is 48.5 Å². The summed E-state index contributed by atoms with van der Waals surface area (Å²) in [7, 11) is 1.63. The first kappa shape index (κ1) is 19.6. The smallest absolute Gasteiger partial charge is 0.242 e. The van der Waals surface area contributed by atoms with E-state index in [1.807, 2.05) is 62.4 Å². The van der Waals surface area contributed by atoms with Crippen LogP contribution in [0.3, 0.4) is 0 Å². The first-order valence-corrected chi connectivity index (χ1v) is 9.83. The molecule has 0 saturated heterocycles. The number of benzene rings is 2. The average Bonchev–Trinajstić information content (AvgIpc) is 3.19. The first-order chi connectivity index (χ1) is 14.5. The van der Waals surface area contributed by atoms with Crippen molar-refractivity contribution in [1.29, 1.82) is 0 Å². The summed E-state index contributed by atoms with van der Waals surface area (Å²) in [5.74, 6) is 1.69. The van der Waals surface area contributed by atoms with Crippen LogP contribution in [0.2, 0.25) is 0 Å². The molecule has 0 saturated carbocycles. The quantitative estimate of drug-likeness (QED) is 0.512. The van der Waals surface area contributed by atoms with Crippen molar-refractivity contribution in [1.82, 2.24) is 24.9 Å². The standard InChI is InChI=1S/C22H24N6O2/c1-13(2)23-21(29)14(3)24-22-25-18-8-6-5-7-17(18)20-26-19(27-28(20)22)15-9-11-16(30-4)12-10-15/h5-14H,1-4H3,(H,23,29)(H,24,25)/t14-/m1/s1. The highest BCUT2D eigenvalue weighted by Gasteiger charge is 2.19. The molecule has 0 radical (unpaired) electrons. The highest BCUT2D eigenvalue weighted by Crippen LogP contribution is 2.25. The third kappa shape index (κ3) is 3.76. The van der Waals surface area contributed by atoms with Crippen LogP contribution in [0.25, 0.3) is 27.9 Å². The molecule has 2 aromatic carbocycles. The molecule has 0 aliphatic heterocycles. The molecule has 4 aromatic rings. The number of anilines is 1. The molecule has 2 heterocycles. The predicted octanol–water partition coefficient (Wildman–Crippen LogP) is 3.28. The molecule has 0 spiro atoms. The molecule has 1 amide bonds. The monoisotopic (exact) mass is 404 g/mol. The maximum Gasteiger partial charge on any atom is 0.242 e. The lowest BCUT2D eigenvalue weighted by Gasteiger charge is -2.17. The van der Waals surface area contributed by atoms with Crippen LogP contribution in [-0.4, -0.2) is 44.7 Å². The first-order valence-electron chi connectivity index (χ1n) is 9.83. The van der Waals surface area contributed by atoms with E-state index in [9.17, 15) is 4.79 Å². The SMILES string of the molecule is COc1ccc(-c2nc3c4ccccc4nc(N[C@H](C)C(=O)NC(C)C)n3n2)cc1. The molecule has 8 heteroatoms. The minimum Gasteiger partial charge on any atom is -0.497 e. The number of hydrogen-bond donors (Lipinski definition) is 2. The van der Waals surface area contributed by atoms with Crippen molar-refractivity contribution in [2.45, 2.75) is 32.9 Å². The fourth-order valence-corrected chi connectivity index (χ4v) is 3.18. The number of carbonyl (C=O) groups is 1. The lowest BCUT2D eigenvalue weighted by atomic mass is 10.2. The highest BCUT2D eigenvalue weighted by molar-refractivity contribution is 5.93. The second-order valence-corrected chi connectivity index (χ2v) is 7.38. The molecule has 0 bridgehead atoms. The van der Waals surface area contributed by atoms with Gasteiger partial charge in [0.2, 0.25) is 11.9 Å². The van der Waals surface area contributed by atoms with Crippen LogP contribution in [-0.2, 0) is 4.79 Å². The summed E-state index contributed by atoms with van der Waals surface area (Å²) < 4.78 is 6.88. The Labute approximate surface area is 174 Å². The number of methoxy groups -OCH3 is 1. The molecule has 0 fully saturated rings. The molecule has 0 unspecified atom stereocenters. The molecule has 30 heavy (non-hydrogen) atoms. The van der Waals surface area contributed by atoms with Gasteiger partial charge in [-0.3, -0.25) is 4.79 Å². The summed E-state index contributed by atoms with van der Waals surface area (Å²) in [5.41, 5.74) is 2.31. The lowest BCUT2D eigenvalue weighted by Crippen LogP contribution is -2.41. The van der Waals surface area contributed by atoms with Crippen LogP contribution in [0.4, 0.5) is 5.95 Å². The Morgan fingerprint density at radius 2 is 1.77 bits per heavy atom. The molecule has 154 valence electrons. The third-order valence-electron chi connectivity index (χ3n) is 4.70. The number of nitrogens with one attached hydrogen (secondary N) is 2. The number of nitrogens with zero attached hydrogens (tertiary/aromatic N) is 4. The molecule has 0 aliphatic carbocycles. The van der Waals surface area contributed by atoms with Crippen molar-refractivity contribution >= 4 is 28.4 Å². The van der Waals surface area contributed by atoms with Gasteiger partial charge >= 0.3 is 0 Å². The average molecular weight is 404 g/mol. The van der Waals surface area contributed by atoms with Crippen LogP contribution in [0, 0.1) is 0 Å². The zero-order valence-corrected chi connectivity index (χ0v) is 17.4. The van der Waals surface area contributed by atoms with E-state index in [1.165, 1.54) is 0 Å². The highest BCUT2D eigenvalue weighted by atomic mass is 16.5. The summed E-state index contributed by atoms with van der Waals surface area (Å²) in [6.45, 7) is 5.65. The Balaban J connectivity index is 1.80. The molecule has 8 nitrogen and oxygen atoms in total. The zero-order chi connectivity index (χ0) is 21.3. The molecular formula is C22H24N6O2. The van der Waals surface area contributed by atoms with E-state index in [2.05, 4.69) is 20.7 Å². The number of aromatic nitrogens is 4. The number of amides is 1. The molecule has 4 rings (SSSR count). The predicted molar refractivity (Wildman–Crippen MR) is 117 cm³/mol. The maximum absolute atomic E-state index is 12.4. The maximum atomic E-state index is 12.4. The van der Waals surface area contributed by atoms with Gasteiger partial charge in [-0.2, -0.15) is 4.52 Å². The van der Waals surface area contributed by atoms with Gasteiger partial charge in [0.25, 0.3) is 0 Å². The number of ether oxygens (including phenoxy) is 1. The van der Waals surface area contributed by atoms with Crippen LogP contribution in [0.1, 0.15) is 20.8 Å². The van der Waals surface area contributed by atoms with E-state index >= 15 is 0 Å². The Bertz CT molecular complexity index is 1200. The van der Waals surface area contributed by atoms with Gasteiger partial charge in [0, 0.05) is 17.0 Å². The second-order valence-electron chi connectivity index (χ2n) is 7.38. The van der Waals surface area contributed by atoms with Gasteiger partial charge in [0.05, 0.1) is 12.6 Å². The van der Waals surface area contributed by atoms with Gasteiger partial charge in [-0.15, -0.1) is 5.10 Å². The fourth-order valence-electron chi connectivity index (χ4n) is 3.18. The normalized spacial score (nSPS) is 12.3. The Kier molecular flexibility index (Phi) is 5.22. The minimum absolute atomic E-state index is 0.0550. The summed E-state index contributed by atoms with van der Waals surface area (Å²) in [4.78, 5) is 21.8. The van der Waals surface area contributed by atoms with Gasteiger partial charge in [-0.25, -0.2) is 9.97 Å². The van der Waals surface area contributed by atoms with Gasteiger partial charge in [-0.05, 0) is 57.2 Å². The molecule has 0 aliphatic rings. The molecule has 2 N–H and O–H groups in total. The fraction of sp³-hybridized carbons (Fsp3) is 0.273. The molecular weight excluding hydrogens is 380 g/mol. The van der Waals surface area contributed by atoms with Crippen molar-refractivity contribution in [3.63, 3.8) is 0 Å². The number of rotatable bonds is 6. The number of fused-ring (bicyclic) bond motifs is 3. The summed E-state index contributed by atoms with van der Waals surface area (Å²) >= 11 is 0. The molecule has 1 atom stereocenters. The van der Waals surface area contributed by atoms with Crippen molar-refractivity contribution < 1.29 is 9.53 Å². The van der Waals surface area contributed by atoms with Crippen LogP contribution in [0.5, 0.6) is 5.75 Å². The zero-order valence-electron chi connectivity index (χ0n) is 17.4.